The van der Waals surface area contributed by atoms with Crippen molar-refractivity contribution in [2.75, 3.05) is 5.32 Å². The van der Waals surface area contributed by atoms with Crippen LogP contribution in [0.15, 0.2) is 96.3 Å². The van der Waals surface area contributed by atoms with Gasteiger partial charge in [0.2, 0.25) is 11.9 Å². The van der Waals surface area contributed by atoms with Crippen molar-refractivity contribution in [1.82, 2.24) is 19.7 Å². The first-order chi connectivity index (χ1) is 13.8. The van der Waals surface area contributed by atoms with Gasteiger partial charge >= 0.3 is 0 Å². The predicted molar refractivity (Wildman–Crippen MR) is 109 cm³/mol. The summed E-state index contributed by atoms with van der Waals surface area (Å²) in [6.07, 6.45) is 3.21. The molecule has 138 valence electrons. The Labute approximate surface area is 166 Å². The van der Waals surface area contributed by atoms with Gasteiger partial charge in [-0.1, -0.05) is 54.6 Å². The Hall–Kier alpha value is -3.45. The van der Waals surface area contributed by atoms with E-state index in [1.807, 2.05) is 78.9 Å². The molecule has 2 aromatic carbocycles. The zero-order valence-electron chi connectivity index (χ0n) is 14.8. The van der Waals surface area contributed by atoms with Crippen molar-refractivity contribution < 1.29 is 4.79 Å². The van der Waals surface area contributed by atoms with Gasteiger partial charge in [-0.2, -0.15) is 4.98 Å². The Morgan fingerprint density at radius 2 is 1.61 bits per heavy atom. The highest BCUT2D eigenvalue weighted by atomic mass is 32.2. The van der Waals surface area contributed by atoms with Crippen LogP contribution in [0, 0.1) is 0 Å². The van der Waals surface area contributed by atoms with Gasteiger partial charge in [0, 0.05) is 11.1 Å². The molecule has 0 spiro atoms. The number of rotatable bonds is 6. The molecule has 4 rings (SSSR count). The van der Waals surface area contributed by atoms with Gasteiger partial charge in [0.15, 0.2) is 5.82 Å². The fourth-order valence-electron chi connectivity index (χ4n) is 2.63. The Balaban J connectivity index is 1.55. The van der Waals surface area contributed by atoms with Crippen LogP contribution < -0.4 is 5.32 Å². The van der Waals surface area contributed by atoms with Crippen LogP contribution in [0.1, 0.15) is 10.8 Å². The molecular formula is C21H17N5OS. The smallest absolute Gasteiger partial charge is 0.249 e. The molecule has 0 radical (unpaired) electrons. The molecule has 4 aromatic rings. The number of pyridine rings is 1. The number of carbonyl (C=O) groups is 1. The normalized spacial score (nSPS) is 11.7. The lowest BCUT2D eigenvalue weighted by atomic mass is 10.1. The molecule has 1 atom stereocenters. The van der Waals surface area contributed by atoms with Crippen molar-refractivity contribution in [3.8, 4) is 5.82 Å². The number of aromatic nitrogens is 4. The first-order valence-corrected chi connectivity index (χ1v) is 9.58. The summed E-state index contributed by atoms with van der Waals surface area (Å²) < 4.78 is 1.53. The van der Waals surface area contributed by atoms with Crippen LogP contribution in [-0.4, -0.2) is 25.7 Å². The molecule has 0 fully saturated rings. The van der Waals surface area contributed by atoms with Gasteiger partial charge in [0.05, 0.1) is 0 Å². The molecule has 0 aliphatic heterocycles. The van der Waals surface area contributed by atoms with E-state index in [1.165, 1.54) is 22.8 Å². The molecule has 0 bridgehead atoms. The number of anilines is 1. The van der Waals surface area contributed by atoms with E-state index in [0.29, 0.717) is 5.82 Å². The van der Waals surface area contributed by atoms with Crippen LogP contribution in [0.5, 0.6) is 0 Å². The van der Waals surface area contributed by atoms with E-state index in [9.17, 15) is 4.79 Å². The topological polar surface area (TPSA) is 72.7 Å². The van der Waals surface area contributed by atoms with E-state index in [2.05, 4.69) is 20.4 Å². The van der Waals surface area contributed by atoms with Gasteiger partial charge in [-0.3, -0.25) is 10.1 Å². The highest BCUT2D eigenvalue weighted by Gasteiger charge is 2.23. The maximum atomic E-state index is 13.0. The summed E-state index contributed by atoms with van der Waals surface area (Å²) in [5.74, 6) is 0.692. The summed E-state index contributed by atoms with van der Waals surface area (Å²) in [4.78, 5) is 22.4. The molecule has 2 aromatic heterocycles. The summed E-state index contributed by atoms with van der Waals surface area (Å²) in [5.41, 5.74) is 0.915. The third-order valence-corrected chi connectivity index (χ3v) is 5.21. The van der Waals surface area contributed by atoms with E-state index < -0.39 is 5.25 Å². The molecule has 0 aliphatic carbocycles. The number of carbonyl (C=O) groups excluding carboxylic acids is 1. The van der Waals surface area contributed by atoms with Crippen LogP contribution in [0.25, 0.3) is 5.82 Å². The molecule has 7 heteroatoms. The van der Waals surface area contributed by atoms with Crippen LogP contribution >= 0.6 is 11.8 Å². The van der Waals surface area contributed by atoms with Crippen LogP contribution in [0.3, 0.4) is 0 Å². The standard InChI is InChI=1S/C21H17N5OS/c27-20(24-21-23-15-26(25-21)18-13-7-8-14-22-18)19(16-9-3-1-4-10-16)28-17-11-5-2-6-12-17/h1-15,19H,(H,24,25,27). The van der Waals surface area contributed by atoms with Gasteiger partial charge < -0.3 is 0 Å². The molecule has 28 heavy (non-hydrogen) atoms. The van der Waals surface area contributed by atoms with Crippen molar-refractivity contribution in [3.05, 3.63) is 97.0 Å². The van der Waals surface area contributed by atoms with Crippen molar-refractivity contribution in [1.29, 1.82) is 0 Å². The van der Waals surface area contributed by atoms with Crippen LogP contribution in [-0.2, 0) is 4.79 Å². The van der Waals surface area contributed by atoms with Crippen molar-refractivity contribution in [2.24, 2.45) is 0 Å². The van der Waals surface area contributed by atoms with Crippen molar-refractivity contribution in [3.63, 3.8) is 0 Å². The lowest BCUT2D eigenvalue weighted by Crippen LogP contribution is -2.20. The molecule has 6 nitrogen and oxygen atoms in total. The number of hydrogen-bond donors (Lipinski definition) is 1. The minimum atomic E-state index is -0.426. The predicted octanol–water partition coefficient (Wildman–Crippen LogP) is 4.13. The second-order valence-electron chi connectivity index (χ2n) is 5.91. The number of hydrogen-bond acceptors (Lipinski definition) is 5. The maximum absolute atomic E-state index is 13.0. The van der Waals surface area contributed by atoms with E-state index in [1.54, 1.807) is 6.20 Å². The number of thioether (sulfide) groups is 1. The SMILES string of the molecule is O=C(Nc1ncn(-c2ccccn2)n1)C(Sc1ccccc1)c1ccccc1. The van der Waals surface area contributed by atoms with Gasteiger partial charge in [-0.25, -0.2) is 9.67 Å². The number of benzene rings is 2. The highest BCUT2D eigenvalue weighted by Crippen LogP contribution is 2.35. The molecular weight excluding hydrogens is 370 g/mol. The van der Waals surface area contributed by atoms with Gasteiger partial charge in [-0.15, -0.1) is 16.9 Å². The Kier molecular flexibility index (Phi) is 5.44. The first kappa shape index (κ1) is 17.9. The third-order valence-electron chi connectivity index (χ3n) is 3.95. The minimum Gasteiger partial charge on any atom is -0.292 e. The fourth-order valence-corrected chi connectivity index (χ4v) is 3.68. The van der Waals surface area contributed by atoms with Crippen LogP contribution in [0.2, 0.25) is 0 Å². The minimum absolute atomic E-state index is 0.182. The number of amides is 1. The lowest BCUT2D eigenvalue weighted by Gasteiger charge is -2.16. The fraction of sp³-hybridized carbons (Fsp3) is 0.0476. The molecule has 0 aliphatic rings. The number of nitrogens with one attached hydrogen (secondary N) is 1. The highest BCUT2D eigenvalue weighted by molar-refractivity contribution is 8.00. The van der Waals surface area contributed by atoms with Gasteiger partial charge in [0.1, 0.15) is 11.6 Å². The summed E-state index contributed by atoms with van der Waals surface area (Å²) in [7, 11) is 0. The zero-order chi connectivity index (χ0) is 19.2. The zero-order valence-corrected chi connectivity index (χ0v) is 15.7. The molecule has 2 heterocycles. The van der Waals surface area contributed by atoms with Crippen LogP contribution in [0.4, 0.5) is 5.95 Å². The second-order valence-corrected chi connectivity index (χ2v) is 7.09. The summed E-state index contributed by atoms with van der Waals surface area (Å²) in [6, 6.07) is 25.0. The average molecular weight is 387 g/mol. The monoisotopic (exact) mass is 387 g/mol. The Bertz CT molecular complexity index is 1040. The van der Waals surface area contributed by atoms with Crippen molar-refractivity contribution in [2.45, 2.75) is 10.1 Å². The largest absolute Gasteiger partial charge is 0.292 e. The molecule has 0 saturated heterocycles. The molecule has 1 amide bonds. The quantitative estimate of drug-likeness (QED) is 0.504. The van der Waals surface area contributed by atoms with E-state index in [-0.39, 0.29) is 11.9 Å². The second kappa shape index (κ2) is 8.49. The Morgan fingerprint density at radius 3 is 2.32 bits per heavy atom. The summed E-state index contributed by atoms with van der Waals surface area (Å²) in [5, 5.41) is 6.70. The maximum Gasteiger partial charge on any atom is 0.249 e. The van der Waals surface area contributed by atoms with E-state index in [0.717, 1.165) is 10.5 Å². The first-order valence-electron chi connectivity index (χ1n) is 8.70. The molecule has 0 saturated carbocycles. The third kappa shape index (κ3) is 4.27. The van der Waals surface area contributed by atoms with Gasteiger partial charge in [-0.05, 0) is 29.8 Å². The van der Waals surface area contributed by atoms with Crippen molar-refractivity contribution >= 4 is 23.6 Å². The van der Waals surface area contributed by atoms with E-state index >= 15 is 0 Å². The summed E-state index contributed by atoms with van der Waals surface area (Å²) in [6.45, 7) is 0. The number of nitrogens with zero attached hydrogens (tertiary/aromatic N) is 4. The average Bonchev–Trinajstić information content (AvgIpc) is 3.22. The summed E-state index contributed by atoms with van der Waals surface area (Å²) >= 11 is 1.49. The Morgan fingerprint density at radius 1 is 0.893 bits per heavy atom. The molecule has 1 unspecified atom stereocenters. The van der Waals surface area contributed by atoms with E-state index in [4.69, 9.17) is 0 Å². The lowest BCUT2D eigenvalue weighted by molar-refractivity contribution is -0.115. The molecule has 1 N–H and O–H groups in total. The van der Waals surface area contributed by atoms with Gasteiger partial charge in [0.25, 0.3) is 0 Å².